The quantitative estimate of drug-likeness (QED) is 0.253. The molecule has 9 nitrogen and oxygen atoms in total. The van der Waals surface area contributed by atoms with Crippen molar-refractivity contribution in [3.63, 3.8) is 0 Å². The van der Waals surface area contributed by atoms with Crippen molar-refractivity contribution >= 4 is 32.8 Å². The van der Waals surface area contributed by atoms with Gasteiger partial charge in [0.2, 0.25) is 0 Å². The van der Waals surface area contributed by atoms with E-state index in [0.717, 1.165) is 33.9 Å². The first-order valence-corrected chi connectivity index (χ1v) is 13.0. The number of fused-ring (bicyclic) bond motifs is 3. The standard InChI is InChI=1S/C27H35N5O4/c1-4-5-6-7-8-9-10-11-12-13-14-32-22-17-21-19(24(33)30(2)26(35)28-21)15-18(22)16-20-23(32)29-27(36)31(3)25(20)34/h15-17H,4-14H2,1-3H3,(H,29,36). The van der Waals surface area contributed by atoms with E-state index < -0.39 is 22.5 Å². The van der Waals surface area contributed by atoms with Crippen LogP contribution in [0.5, 0.6) is 0 Å². The number of nitrogens with one attached hydrogen (secondary N) is 1. The van der Waals surface area contributed by atoms with E-state index in [-0.39, 0.29) is 0 Å². The lowest BCUT2D eigenvalue weighted by Crippen LogP contribution is -2.33. The number of aromatic amines is 1. The topological polar surface area (TPSA) is 112 Å². The van der Waals surface area contributed by atoms with Gasteiger partial charge in [-0.25, -0.2) is 9.59 Å². The van der Waals surface area contributed by atoms with Crippen LogP contribution in [0.1, 0.15) is 71.1 Å². The Morgan fingerprint density at radius 3 is 2.00 bits per heavy atom. The number of aromatic nitrogens is 5. The van der Waals surface area contributed by atoms with Gasteiger partial charge in [0.25, 0.3) is 11.1 Å². The van der Waals surface area contributed by atoms with Crippen LogP contribution in [-0.2, 0) is 20.6 Å². The lowest BCUT2D eigenvalue weighted by Gasteiger charge is -2.16. The summed E-state index contributed by atoms with van der Waals surface area (Å²) >= 11 is 0. The average molecular weight is 494 g/mol. The molecule has 4 aromatic rings. The average Bonchev–Trinajstić information content (AvgIpc) is 2.86. The van der Waals surface area contributed by atoms with Gasteiger partial charge in [-0.1, -0.05) is 64.7 Å². The summed E-state index contributed by atoms with van der Waals surface area (Å²) in [4.78, 5) is 57.1. The Morgan fingerprint density at radius 2 is 1.33 bits per heavy atom. The third kappa shape index (κ3) is 5.05. The van der Waals surface area contributed by atoms with Gasteiger partial charge in [-0.05, 0) is 24.6 Å². The van der Waals surface area contributed by atoms with E-state index in [1.807, 2.05) is 4.57 Å². The summed E-state index contributed by atoms with van der Waals surface area (Å²) in [5, 5.41) is 1.38. The maximum absolute atomic E-state index is 12.9. The van der Waals surface area contributed by atoms with Crippen LogP contribution in [-0.4, -0.2) is 23.7 Å². The molecule has 0 saturated carbocycles. The fraction of sp³-hybridized carbons (Fsp3) is 0.519. The third-order valence-electron chi connectivity index (χ3n) is 7.10. The summed E-state index contributed by atoms with van der Waals surface area (Å²) in [5.41, 5.74) is -0.462. The normalized spacial score (nSPS) is 11.8. The van der Waals surface area contributed by atoms with E-state index in [9.17, 15) is 19.2 Å². The van der Waals surface area contributed by atoms with Crippen molar-refractivity contribution in [3.8, 4) is 0 Å². The van der Waals surface area contributed by atoms with Crippen LogP contribution in [0.2, 0.25) is 0 Å². The molecule has 0 aliphatic carbocycles. The number of pyridine rings is 1. The molecule has 0 bridgehead atoms. The molecule has 0 spiro atoms. The summed E-state index contributed by atoms with van der Waals surface area (Å²) in [6.45, 7) is 2.82. The number of nitrogens with zero attached hydrogens (tertiary/aromatic N) is 4. The van der Waals surface area contributed by atoms with Crippen LogP contribution in [0.15, 0.2) is 37.4 Å². The van der Waals surface area contributed by atoms with E-state index in [1.54, 1.807) is 18.2 Å². The second kappa shape index (κ2) is 11.1. The van der Waals surface area contributed by atoms with Gasteiger partial charge in [0, 0.05) is 26.0 Å². The molecule has 0 aliphatic rings. The Bertz CT molecular complexity index is 1640. The van der Waals surface area contributed by atoms with Crippen molar-refractivity contribution in [3.05, 3.63) is 59.9 Å². The molecule has 0 saturated heterocycles. The Morgan fingerprint density at radius 1 is 0.750 bits per heavy atom. The number of hydrogen-bond donors (Lipinski definition) is 1. The van der Waals surface area contributed by atoms with E-state index >= 15 is 0 Å². The molecule has 1 aromatic carbocycles. The van der Waals surface area contributed by atoms with Crippen molar-refractivity contribution in [1.82, 2.24) is 23.7 Å². The zero-order chi connectivity index (χ0) is 25.8. The Labute approximate surface area is 208 Å². The van der Waals surface area contributed by atoms with Gasteiger partial charge in [0.15, 0.2) is 0 Å². The van der Waals surface area contributed by atoms with Crippen molar-refractivity contribution in [2.75, 3.05) is 0 Å². The monoisotopic (exact) mass is 493 g/mol. The molecule has 0 aliphatic heterocycles. The molecule has 0 radical (unpaired) electrons. The third-order valence-corrected chi connectivity index (χ3v) is 7.10. The number of benzene rings is 1. The SMILES string of the molecule is CCCCCCCCCCCCn1c2cc3nc(=O)n(C)c(=O)c3cc2cc2c(=O)n(C)c(=O)[nH]c21. The van der Waals surface area contributed by atoms with Gasteiger partial charge in [0.1, 0.15) is 5.65 Å². The van der Waals surface area contributed by atoms with Gasteiger partial charge >= 0.3 is 11.4 Å². The molecule has 0 atom stereocenters. The molecule has 0 unspecified atom stereocenters. The second-order valence-electron chi connectivity index (χ2n) is 9.72. The van der Waals surface area contributed by atoms with Crippen LogP contribution < -0.4 is 22.5 Å². The van der Waals surface area contributed by atoms with Gasteiger partial charge < -0.3 is 4.57 Å². The fourth-order valence-electron chi connectivity index (χ4n) is 4.89. The number of unbranched alkanes of at least 4 members (excludes halogenated alkanes) is 9. The molecule has 9 heteroatoms. The molecule has 3 aromatic heterocycles. The molecule has 1 N–H and O–H groups in total. The van der Waals surface area contributed by atoms with E-state index in [2.05, 4.69) is 16.9 Å². The van der Waals surface area contributed by atoms with E-state index in [4.69, 9.17) is 0 Å². The predicted octanol–water partition coefficient (Wildman–Crippen LogP) is 3.71. The smallest absolute Gasteiger partial charge is 0.327 e. The van der Waals surface area contributed by atoms with E-state index in [1.165, 1.54) is 59.0 Å². The van der Waals surface area contributed by atoms with Crippen molar-refractivity contribution in [2.24, 2.45) is 14.1 Å². The van der Waals surface area contributed by atoms with Crippen molar-refractivity contribution < 1.29 is 0 Å². The molecular weight excluding hydrogens is 458 g/mol. The molecule has 36 heavy (non-hydrogen) atoms. The lowest BCUT2D eigenvalue weighted by molar-refractivity contribution is 0.540. The summed E-state index contributed by atoms with van der Waals surface area (Å²) in [6, 6.07) is 5.08. The van der Waals surface area contributed by atoms with Crippen LogP contribution in [0.3, 0.4) is 0 Å². The lowest BCUT2D eigenvalue weighted by atomic mass is 10.1. The molecule has 0 amide bonds. The maximum atomic E-state index is 12.9. The number of H-pyrrole nitrogens is 1. The van der Waals surface area contributed by atoms with Crippen LogP contribution >= 0.6 is 0 Å². The van der Waals surface area contributed by atoms with Crippen molar-refractivity contribution in [1.29, 1.82) is 0 Å². The summed E-state index contributed by atoms with van der Waals surface area (Å²) in [6.07, 6.45) is 12.0. The summed E-state index contributed by atoms with van der Waals surface area (Å²) in [7, 11) is 2.83. The molecule has 192 valence electrons. The zero-order valence-corrected chi connectivity index (χ0v) is 21.4. The Kier molecular flexibility index (Phi) is 7.86. The number of rotatable bonds is 11. The number of hydrogen-bond acceptors (Lipinski definition) is 5. The largest absolute Gasteiger partial charge is 0.350 e. The summed E-state index contributed by atoms with van der Waals surface area (Å²) in [5.74, 6) is 0. The molecule has 0 fully saturated rings. The van der Waals surface area contributed by atoms with Gasteiger partial charge in [-0.15, -0.1) is 0 Å². The highest BCUT2D eigenvalue weighted by atomic mass is 16.2. The van der Waals surface area contributed by atoms with Crippen molar-refractivity contribution in [2.45, 2.75) is 77.7 Å². The van der Waals surface area contributed by atoms with Crippen LogP contribution in [0, 0.1) is 0 Å². The highest BCUT2D eigenvalue weighted by Crippen LogP contribution is 2.24. The number of aryl methyl sites for hydroxylation is 1. The van der Waals surface area contributed by atoms with Crippen LogP contribution in [0.4, 0.5) is 0 Å². The minimum Gasteiger partial charge on any atom is -0.327 e. The predicted molar refractivity (Wildman–Crippen MR) is 144 cm³/mol. The van der Waals surface area contributed by atoms with Gasteiger partial charge in [-0.3, -0.25) is 23.7 Å². The minimum atomic E-state index is -0.615. The van der Waals surface area contributed by atoms with E-state index in [0.29, 0.717) is 33.9 Å². The second-order valence-corrected chi connectivity index (χ2v) is 9.72. The molecular formula is C27H35N5O4. The highest BCUT2D eigenvalue weighted by molar-refractivity contribution is 5.99. The fourth-order valence-corrected chi connectivity index (χ4v) is 4.89. The van der Waals surface area contributed by atoms with Crippen LogP contribution in [0.25, 0.3) is 32.8 Å². The van der Waals surface area contributed by atoms with Gasteiger partial charge in [0.05, 0.1) is 21.8 Å². The first-order chi connectivity index (χ1) is 17.3. The minimum absolute atomic E-state index is 0.304. The maximum Gasteiger partial charge on any atom is 0.350 e. The Hall–Kier alpha value is -3.49. The molecule has 4 rings (SSSR count). The first kappa shape index (κ1) is 25.6. The molecule has 3 heterocycles. The van der Waals surface area contributed by atoms with Gasteiger partial charge in [-0.2, -0.15) is 4.98 Å². The first-order valence-electron chi connectivity index (χ1n) is 13.0. The summed E-state index contributed by atoms with van der Waals surface area (Å²) < 4.78 is 3.94. The zero-order valence-electron chi connectivity index (χ0n) is 21.4. The highest BCUT2D eigenvalue weighted by Gasteiger charge is 2.15. The Balaban J connectivity index is 1.67.